The highest BCUT2D eigenvalue weighted by molar-refractivity contribution is 4.97. The van der Waals surface area contributed by atoms with Gasteiger partial charge in [-0.05, 0) is 46.2 Å². The summed E-state index contributed by atoms with van der Waals surface area (Å²) < 4.78 is 11.2. The van der Waals surface area contributed by atoms with Crippen molar-refractivity contribution in [1.82, 2.24) is 10.2 Å². The molecule has 1 saturated carbocycles. The number of methoxy groups -OCH3 is 1. The molecule has 1 saturated heterocycles. The van der Waals surface area contributed by atoms with E-state index in [-0.39, 0.29) is 6.10 Å². The molecule has 1 aliphatic carbocycles. The highest BCUT2D eigenvalue weighted by Crippen LogP contribution is 2.27. The Kier molecular flexibility index (Phi) is 5.42. The van der Waals surface area contributed by atoms with Gasteiger partial charge in [0.1, 0.15) is 0 Å². The minimum atomic E-state index is 0.232. The van der Waals surface area contributed by atoms with Crippen LogP contribution in [0.5, 0.6) is 0 Å². The Morgan fingerprint density at radius 3 is 2.67 bits per heavy atom. The van der Waals surface area contributed by atoms with Crippen molar-refractivity contribution in [3.05, 3.63) is 0 Å². The summed E-state index contributed by atoms with van der Waals surface area (Å²) in [6, 6.07) is 1.10. The Hall–Kier alpha value is -0.160. The van der Waals surface area contributed by atoms with Crippen LogP contribution in [0.4, 0.5) is 0 Å². The zero-order valence-electron chi connectivity index (χ0n) is 12.0. The summed E-state index contributed by atoms with van der Waals surface area (Å²) >= 11 is 0. The number of likely N-dealkylation sites (tertiary alicyclic amines) is 1. The van der Waals surface area contributed by atoms with Crippen molar-refractivity contribution in [3.8, 4) is 0 Å². The van der Waals surface area contributed by atoms with Crippen LogP contribution in [0.2, 0.25) is 0 Å². The van der Waals surface area contributed by atoms with Crippen LogP contribution in [0, 0.1) is 0 Å². The van der Waals surface area contributed by atoms with E-state index >= 15 is 0 Å². The molecule has 0 aromatic heterocycles. The fraction of sp³-hybridized carbons (Fsp3) is 1.00. The quantitative estimate of drug-likeness (QED) is 0.743. The predicted molar refractivity (Wildman–Crippen MR) is 72.9 cm³/mol. The third-order valence-electron chi connectivity index (χ3n) is 4.34. The zero-order chi connectivity index (χ0) is 13.0. The predicted octanol–water partition coefficient (Wildman–Crippen LogP) is 1.25. The molecule has 0 aromatic rings. The first-order chi connectivity index (χ1) is 8.76. The maximum atomic E-state index is 5.64. The van der Waals surface area contributed by atoms with E-state index < -0.39 is 0 Å². The van der Waals surface area contributed by atoms with Crippen LogP contribution in [0.3, 0.4) is 0 Å². The van der Waals surface area contributed by atoms with Gasteiger partial charge in [0.05, 0.1) is 12.2 Å². The average molecular weight is 256 g/mol. The van der Waals surface area contributed by atoms with Crippen LogP contribution in [-0.4, -0.2) is 62.5 Å². The minimum absolute atomic E-state index is 0.232. The van der Waals surface area contributed by atoms with Gasteiger partial charge >= 0.3 is 0 Å². The largest absolute Gasteiger partial charge is 0.377 e. The number of ether oxygens (including phenoxy) is 2. The summed E-state index contributed by atoms with van der Waals surface area (Å²) in [5.41, 5.74) is 0. The van der Waals surface area contributed by atoms with Gasteiger partial charge < -0.3 is 14.8 Å². The Morgan fingerprint density at radius 2 is 2.06 bits per heavy atom. The lowest BCUT2D eigenvalue weighted by Crippen LogP contribution is -2.61. The van der Waals surface area contributed by atoms with E-state index in [1.807, 2.05) is 6.92 Å². The van der Waals surface area contributed by atoms with Crippen molar-refractivity contribution in [2.45, 2.75) is 57.4 Å². The molecule has 4 heteroatoms. The van der Waals surface area contributed by atoms with E-state index in [9.17, 15) is 0 Å². The van der Waals surface area contributed by atoms with Gasteiger partial charge in [-0.1, -0.05) is 0 Å². The molecule has 0 spiro atoms. The van der Waals surface area contributed by atoms with Gasteiger partial charge in [-0.15, -0.1) is 0 Å². The highest BCUT2D eigenvalue weighted by atomic mass is 16.5. The summed E-state index contributed by atoms with van der Waals surface area (Å²) in [7, 11) is 1.79. The van der Waals surface area contributed by atoms with Gasteiger partial charge in [-0.25, -0.2) is 0 Å². The molecule has 0 aromatic carbocycles. The third kappa shape index (κ3) is 3.23. The topological polar surface area (TPSA) is 33.7 Å². The van der Waals surface area contributed by atoms with Crippen molar-refractivity contribution in [3.63, 3.8) is 0 Å². The molecule has 1 heterocycles. The Labute approximate surface area is 111 Å². The van der Waals surface area contributed by atoms with Crippen LogP contribution in [0.1, 0.15) is 33.1 Å². The summed E-state index contributed by atoms with van der Waals surface area (Å²) in [6.45, 7) is 8.73. The fourth-order valence-corrected chi connectivity index (χ4v) is 3.11. The van der Waals surface area contributed by atoms with Crippen LogP contribution < -0.4 is 5.32 Å². The number of rotatable bonds is 7. The molecule has 0 amide bonds. The maximum absolute atomic E-state index is 5.64. The lowest BCUT2D eigenvalue weighted by molar-refractivity contribution is -0.131. The van der Waals surface area contributed by atoms with Gasteiger partial charge in [0, 0.05) is 32.3 Å². The van der Waals surface area contributed by atoms with E-state index in [1.54, 1.807) is 7.11 Å². The summed E-state index contributed by atoms with van der Waals surface area (Å²) in [4.78, 5) is 2.58. The van der Waals surface area contributed by atoms with Crippen LogP contribution >= 0.6 is 0 Å². The van der Waals surface area contributed by atoms with Crippen molar-refractivity contribution in [2.75, 3.05) is 33.4 Å². The molecule has 18 heavy (non-hydrogen) atoms. The number of nitrogens with one attached hydrogen (secondary N) is 1. The zero-order valence-corrected chi connectivity index (χ0v) is 12.0. The normalized spacial score (nSPS) is 34.5. The standard InChI is InChI=1S/C14H28N2O2/c1-4-18-13-9-12(14(13)17-3)15-10-11(2)16-7-5-6-8-16/h11-15H,4-10H2,1-3H3. The summed E-state index contributed by atoms with van der Waals surface area (Å²) in [5.74, 6) is 0. The maximum Gasteiger partial charge on any atom is 0.0986 e. The number of nitrogens with zero attached hydrogens (tertiary/aromatic N) is 1. The van der Waals surface area contributed by atoms with Crippen molar-refractivity contribution < 1.29 is 9.47 Å². The molecule has 106 valence electrons. The summed E-state index contributed by atoms with van der Waals surface area (Å²) in [6.07, 6.45) is 4.33. The average Bonchev–Trinajstić information content (AvgIpc) is 2.86. The fourth-order valence-electron chi connectivity index (χ4n) is 3.11. The van der Waals surface area contributed by atoms with Crippen LogP contribution in [0.25, 0.3) is 0 Å². The molecule has 0 radical (unpaired) electrons. The Bertz CT molecular complexity index is 244. The van der Waals surface area contributed by atoms with Gasteiger partial charge in [-0.2, -0.15) is 0 Å². The van der Waals surface area contributed by atoms with E-state index in [0.29, 0.717) is 18.2 Å². The molecular formula is C14H28N2O2. The molecule has 0 bridgehead atoms. The molecule has 4 nitrogen and oxygen atoms in total. The Balaban J connectivity index is 1.67. The molecular weight excluding hydrogens is 228 g/mol. The Morgan fingerprint density at radius 1 is 1.33 bits per heavy atom. The highest BCUT2D eigenvalue weighted by Gasteiger charge is 2.41. The molecule has 4 atom stereocenters. The van der Waals surface area contributed by atoms with Gasteiger partial charge in [0.15, 0.2) is 0 Å². The molecule has 2 rings (SSSR count). The lowest BCUT2D eigenvalue weighted by atomic mass is 9.85. The van der Waals surface area contributed by atoms with E-state index in [0.717, 1.165) is 19.6 Å². The van der Waals surface area contributed by atoms with E-state index in [1.165, 1.54) is 25.9 Å². The lowest BCUT2D eigenvalue weighted by Gasteiger charge is -2.44. The third-order valence-corrected chi connectivity index (χ3v) is 4.34. The second kappa shape index (κ2) is 6.85. The molecule has 1 N–H and O–H groups in total. The second-order valence-corrected chi connectivity index (χ2v) is 5.54. The van der Waals surface area contributed by atoms with Crippen LogP contribution in [0.15, 0.2) is 0 Å². The van der Waals surface area contributed by atoms with Crippen molar-refractivity contribution >= 4 is 0 Å². The first-order valence-corrected chi connectivity index (χ1v) is 7.38. The minimum Gasteiger partial charge on any atom is -0.377 e. The molecule has 1 aliphatic heterocycles. The SMILES string of the molecule is CCOC1CC(NCC(C)N2CCCC2)C1OC. The molecule has 2 fully saturated rings. The van der Waals surface area contributed by atoms with Gasteiger partial charge in [0.25, 0.3) is 0 Å². The van der Waals surface area contributed by atoms with Crippen molar-refractivity contribution in [2.24, 2.45) is 0 Å². The van der Waals surface area contributed by atoms with Crippen LogP contribution in [-0.2, 0) is 9.47 Å². The molecule has 2 aliphatic rings. The first kappa shape index (κ1) is 14.3. The smallest absolute Gasteiger partial charge is 0.0986 e. The monoisotopic (exact) mass is 256 g/mol. The van der Waals surface area contributed by atoms with Gasteiger partial charge in [-0.3, -0.25) is 4.90 Å². The first-order valence-electron chi connectivity index (χ1n) is 7.38. The second-order valence-electron chi connectivity index (χ2n) is 5.54. The number of hydrogen-bond donors (Lipinski definition) is 1. The van der Waals surface area contributed by atoms with Crippen molar-refractivity contribution in [1.29, 1.82) is 0 Å². The number of hydrogen-bond acceptors (Lipinski definition) is 4. The van der Waals surface area contributed by atoms with Gasteiger partial charge in [0.2, 0.25) is 0 Å². The van der Waals surface area contributed by atoms with E-state index in [2.05, 4.69) is 17.1 Å². The van der Waals surface area contributed by atoms with E-state index in [4.69, 9.17) is 9.47 Å². The molecule has 4 unspecified atom stereocenters. The summed E-state index contributed by atoms with van der Waals surface area (Å²) in [5, 5.41) is 3.64.